The van der Waals surface area contributed by atoms with Crippen LogP contribution in [0.15, 0.2) is 76.7 Å². The van der Waals surface area contributed by atoms with E-state index in [0.29, 0.717) is 17.1 Å². The summed E-state index contributed by atoms with van der Waals surface area (Å²) in [6, 6.07) is 18.0. The van der Waals surface area contributed by atoms with E-state index in [1.54, 1.807) is 55.6 Å². The number of methoxy groups -OCH3 is 2. The number of aryl methyl sites for hydroxylation is 1. The Balaban J connectivity index is 1.75. The van der Waals surface area contributed by atoms with Crippen molar-refractivity contribution in [2.75, 3.05) is 14.2 Å². The molecule has 0 bridgehead atoms. The minimum absolute atomic E-state index is 0.0263. The fraction of sp³-hybridized carbons (Fsp3) is 0.167. The summed E-state index contributed by atoms with van der Waals surface area (Å²) in [4.78, 5) is 12.3. The van der Waals surface area contributed by atoms with Crippen molar-refractivity contribution in [1.82, 2.24) is 5.43 Å². The summed E-state index contributed by atoms with van der Waals surface area (Å²) in [6.07, 6.45) is 1.39. The van der Waals surface area contributed by atoms with Gasteiger partial charge in [-0.15, -0.1) is 0 Å². The Kier molecular flexibility index (Phi) is 7.68. The van der Waals surface area contributed by atoms with Crippen LogP contribution in [0.5, 0.6) is 17.2 Å². The Morgan fingerprint density at radius 1 is 0.970 bits per heavy atom. The highest BCUT2D eigenvalue weighted by molar-refractivity contribution is 7.87. The van der Waals surface area contributed by atoms with Crippen LogP contribution in [0.4, 0.5) is 0 Å². The van der Waals surface area contributed by atoms with Gasteiger partial charge < -0.3 is 13.7 Å². The van der Waals surface area contributed by atoms with Crippen LogP contribution in [0.2, 0.25) is 0 Å². The number of hydrazone groups is 1. The molecule has 0 fully saturated rings. The molecule has 0 atom stereocenters. The number of carbonyl (C=O) groups excluding carboxylic acids is 1. The molecule has 0 saturated heterocycles. The lowest BCUT2D eigenvalue weighted by Gasteiger charge is -2.11. The van der Waals surface area contributed by atoms with Crippen LogP contribution >= 0.6 is 0 Å². The van der Waals surface area contributed by atoms with Gasteiger partial charge in [0.15, 0.2) is 5.75 Å². The van der Waals surface area contributed by atoms with Crippen molar-refractivity contribution in [3.8, 4) is 17.2 Å². The highest BCUT2D eigenvalue weighted by atomic mass is 32.2. The molecule has 33 heavy (non-hydrogen) atoms. The molecule has 172 valence electrons. The van der Waals surface area contributed by atoms with Crippen molar-refractivity contribution in [2.24, 2.45) is 5.10 Å². The number of hydrogen-bond acceptors (Lipinski definition) is 7. The summed E-state index contributed by atoms with van der Waals surface area (Å²) in [6.45, 7) is 1.86. The van der Waals surface area contributed by atoms with Gasteiger partial charge in [-0.05, 0) is 55.0 Å². The van der Waals surface area contributed by atoms with E-state index in [0.717, 1.165) is 11.1 Å². The molecule has 1 N–H and O–H groups in total. The molecular formula is C24H24N2O6S. The largest absolute Gasteiger partial charge is 0.497 e. The van der Waals surface area contributed by atoms with Gasteiger partial charge in [-0.25, -0.2) is 5.43 Å². The van der Waals surface area contributed by atoms with Gasteiger partial charge in [0.2, 0.25) is 5.91 Å². The molecule has 3 aromatic rings. The predicted molar refractivity (Wildman–Crippen MR) is 124 cm³/mol. The van der Waals surface area contributed by atoms with E-state index in [1.165, 1.54) is 31.5 Å². The molecule has 9 heteroatoms. The maximum atomic E-state index is 12.7. The van der Waals surface area contributed by atoms with Gasteiger partial charge in [0.05, 0.1) is 26.9 Å². The van der Waals surface area contributed by atoms with Crippen LogP contribution in [0, 0.1) is 6.92 Å². The molecule has 0 saturated carbocycles. The molecule has 0 aliphatic heterocycles. The van der Waals surface area contributed by atoms with Gasteiger partial charge in [0.25, 0.3) is 0 Å². The summed E-state index contributed by atoms with van der Waals surface area (Å²) in [5.41, 5.74) is 4.43. The number of amides is 1. The molecule has 0 spiro atoms. The second-order valence-electron chi connectivity index (χ2n) is 7.08. The van der Waals surface area contributed by atoms with Crippen LogP contribution in [0.25, 0.3) is 0 Å². The van der Waals surface area contributed by atoms with Crippen LogP contribution in [-0.2, 0) is 21.3 Å². The van der Waals surface area contributed by atoms with Gasteiger partial charge in [0, 0.05) is 5.56 Å². The second-order valence-corrected chi connectivity index (χ2v) is 8.62. The Bertz CT molecular complexity index is 1250. The second kappa shape index (κ2) is 10.6. The summed E-state index contributed by atoms with van der Waals surface area (Å²) in [7, 11) is -1.03. The fourth-order valence-corrected chi connectivity index (χ4v) is 3.84. The fourth-order valence-electron chi connectivity index (χ4n) is 2.88. The van der Waals surface area contributed by atoms with E-state index in [4.69, 9.17) is 13.7 Å². The third-order valence-electron chi connectivity index (χ3n) is 4.62. The topological polar surface area (TPSA) is 103 Å². The van der Waals surface area contributed by atoms with Crippen molar-refractivity contribution >= 4 is 22.2 Å². The standard InChI is InChI=1S/C24H24N2O6S/c1-17-7-10-22(11-8-17)33(28,29)32-23-12-9-21(31-3)15-19(23)16-25-26-24(27)14-18-5-4-6-20(13-18)30-2/h4-13,15-16H,14H2,1-3H3,(H,26,27)/b25-16+. The molecule has 0 aliphatic rings. The van der Waals surface area contributed by atoms with Crippen LogP contribution < -0.4 is 19.1 Å². The lowest BCUT2D eigenvalue weighted by Crippen LogP contribution is -2.20. The Morgan fingerprint density at radius 3 is 2.36 bits per heavy atom. The number of benzene rings is 3. The summed E-state index contributed by atoms with van der Waals surface area (Å²) < 4.78 is 41.0. The SMILES string of the molecule is COc1cccc(CC(=O)N/N=C/c2cc(OC)ccc2OS(=O)(=O)c2ccc(C)cc2)c1. The van der Waals surface area contributed by atoms with Crippen molar-refractivity contribution in [2.45, 2.75) is 18.2 Å². The molecule has 0 aromatic heterocycles. The van der Waals surface area contributed by atoms with E-state index in [2.05, 4.69) is 10.5 Å². The number of ether oxygens (including phenoxy) is 2. The zero-order valence-corrected chi connectivity index (χ0v) is 19.3. The normalized spacial score (nSPS) is 11.2. The Hall–Kier alpha value is -3.85. The average Bonchev–Trinajstić information content (AvgIpc) is 2.80. The van der Waals surface area contributed by atoms with Crippen LogP contribution in [0.3, 0.4) is 0 Å². The van der Waals surface area contributed by atoms with E-state index in [9.17, 15) is 13.2 Å². The van der Waals surface area contributed by atoms with E-state index in [-0.39, 0.29) is 23.0 Å². The van der Waals surface area contributed by atoms with Crippen LogP contribution in [-0.4, -0.2) is 34.8 Å². The molecule has 0 unspecified atom stereocenters. The first-order valence-electron chi connectivity index (χ1n) is 9.95. The van der Waals surface area contributed by atoms with Crippen molar-refractivity contribution in [3.05, 3.63) is 83.4 Å². The quantitative estimate of drug-likeness (QED) is 0.293. The summed E-state index contributed by atoms with van der Waals surface area (Å²) in [5, 5.41) is 3.94. The van der Waals surface area contributed by atoms with Gasteiger partial charge in [-0.1, -0.05) is 29.8 Å². The molecule has 3 aromatic carbocycles. The number of nitrogens with one attached hydrogen (secondary N) is 1. The maximum absolute atomic E-state index is 12.7. The molecule has 1 amide bonds. The number of nitrogens with zero attached hydrogens (tertiary/aromatic N) is 1. The van der Waals surface area contributed by atoms with E-state index >= 15 is 0 Å². The first-order valence-corrected chi connectivity index (χ1v) is 11.4. The number of rotatable bonds is 9. The highest BCUT2D eigenvalue weighted by Gasteiger charge is 2.18. The third kappa shape index (κ3) is 6.56. The van der Waals surface area contributed by atoms with Crippen molar-refractivity contribution in [3.63, 3.8) is 0 Å². The number of hydrogen-bond donors (Lipinski definition) is 1. The first-order chi connectivity index (χ1) is 15.8. The lowest BCUT2D eigenvalue weighted by atomic mass is 10.1. The summed E-state index contributed by atoms with van der Waals surface area (Å²) >= 11 is 0. The first kappa shape index (κ1) is 23.8. The lowest BCUT2D eigenvalue weighted by molar-refractivity contribution is -0.120. The molecule has 0 heterocycles. The minimum atomic E-state index is -4.06. The van der Waals surface area contributed by atoms with Gasteiger partial charge >= 0.3 is 10.1 Å². The Morgan fingerprint density at radius 2 is 1.67 bits per heavy atom. The zero-order chi connectivity index (χ0) is 23.8. The monoisotopic (exact) mass is 468 g/mol. The van der Waals surface area contributed by atoms with Crippen LogP contribution in [0.1, 0.15) is 16.7 Å². The van der Waals surface area contributed by atoms with E-state index < -0.39 is 10.1 Å². The predicted octanol–water partition coefficient (Wildman–Crippen LogP) is 3.47. The van der Waals surface area contributed by atoms with Gasteiger partial charge in [-0.2, -0.15) is 13.5 Å². The minimum Gasteiger partial charge on any atom is -0.497 e. The van der Waals surface area contributed by atoms with Crippen molar-refractivity contribution < 1.29 is 26.9 Å². The number of carbonyl (C=O) groups is 1. The smallest absolute Gasteiger partial charge is 0.339 e. The zero-order valence-electron chi connectivity index (χ0n) is 18.4. The third-order valence-corrected chi connectivity index (χ3v) is 5.87. The average molecular weight is 469 g/mol. The van der Waals surface area contributed by atoms with Gasteiger partial charge in [0.1, 0.15) is 16.4 Å². The molecular weight excluding hydrogens is 444 g/mol. The van der Waals surface area contributed by atoms with E-state index in [1.807, 2.05) is 6.92 Å². The van der Waals surface area contributed by atoms with Gasteiger partial charge in [-0.3, -0.25) is 4.79 Å². The summed E-state index contributed by atoms with van der Waals surface area (Å²) in [5.74, 6) is 0.815. The molecule has 3 rings (SSSR count). The van der Waals surface area contributed by atoms with Crippen molar-refractivity contribution in [1.29, 1.82) is 0 Å². The molecule has 0 aliphatic carbocycles. The molecule has 0 radical (unpaired) electrons. The Labute approximate surface area is 192 Å². The maximum Gasteiger partial charge on any atom is 0.339 e. The molecule has 8 nitrogen and oxygen atoms in total. The highest BCUT2D eigenvalue weighted by Crippen LogP contribution is 2.26.